The summed E-state index contributed by atoms with van der Waals surface area (Å²) in [5.41, 5.74) is -1.77. The lowest BCUT2D eigenvalue weighted by Gasteiger charge is -2.25. The number of aromatic nitrogens is 1. The predicted octanol–water partition coefficient (Wildman–Crippen LogP) is 4.28. The number of benzene rings is 1. The van der Waals surface area contributed by atoms with E-state index in [9.17, 15) is 22.8 Å². The van der Waals surface area contributed by atoms with Gasteiger partial charge in [-0.2, -0.15) is 13.2 Å². The van der Waals surface area contributed by atoms with E-state index < -0.39 is 29.3 Å². The maximum atomic E-state index is 13.2. The molecule has 0 spiro atoms. The molecule has 0 aliphatic carbocycles. The SMILES string of the molecule is CC(C)(C)OC(=O)Nc1sc(N2CCOCC2)nc1C(=O)NCc1ccccc1C(F)(F)F. The molecule has 180 valence electrons. The van der Waals surface area contributed by atoms with Crippen LogP contribution >= 0.6 is 11.3 Å². The van der Waals surface area contributed by atoms with Gasteiger partial charge < -0.3 is 19.7 Å². The summed E-state index contributed by atoms with van der Waals surface area (Å²) >= 11 is 1.08. The number of alkyl halides is 3. The number of ether oxygens (including phenoxy) is 2. The van der Waals surface area contributed by atoms with Gasteiger partial charge in [0.1, 0.15) is 10.6 Å². The van der Waals surface area contributed by atoms with E-state index in [-0.39, 0.29) is 22.8 Å². The molecule has 33 heavy (non-hydrogen) atoms. The van der Waals surface area contributed by atoms with E-state index in [1.165, 1.54) is 18.2 Å². The Morgan fingerprint density at radius 1 is 1.18 bits per heavy atom. The fourth-order valence-corrected chi connectivity index (χ4v) is 4.04. The normalized spacial score (nSPS) is 14.7. The van der Waals surface area contributed by atoms with Crippen LogP contribution in [0.15, 0.2) is 24.3 Å². The highest BCUT2D eigenvalue weighted by Crippen LogP contribution is 2.33. The van der Waals surface area contributed by atoms with Gasteiger partial charge in [-0.1, -0.05) is 29.5 Å². The molecule has 1 saturated heterocycles. The van der Waals surface area contributed by atoms with Gasteiger partial charge in [0.05, 0.1) is 18.8 Å². The standard InChI is InChI=1S/C21H25F3N4O4S/c1-20(2,3)32-19(30)27-17-15(26-18(33-17)28-8-10-31-11-9-28)16(29)25-12-13-6-4-5-7-14(13)21(22,23)24/h4-7H,8-12H2,1-3H3,(H,25,29)(H,27,30). The van der Waals surface area contributed by atoms with Crippen molar-refractivity contribution in [1.29, 1.82) is 0 Å². The van der Waals surface area contributed by atoms with Gasteiger partial charge in [-0.3, -0.25) is 10.1 Å². The molecule has 2 heterocycles. The summed E-state index contributed by atoms with van der Waals surface area (Å²) in [5, 5.41) is 5.65. The highest BCUT2D eigenvalue weighted by molar-refractivity contribution is 7.20. The first-order valence-electron chi connectivity index (χ1n) is 10.2. The number of halogens is 3. The maximum absolute atomic E-state index is 13.2. The number of thiazole rings is 1. The molecule has 8 nitrogen and oxygen atoms in total. The van der Waals surface area contributed by atoms with Crippen molar-refractivity contribution < 1.29 is 32.2 Å². The van der Waals surface area contributed by atoms with E-state index >= 15 is 0 Å². The van der Waals surface area contributed by atoms with Gasteiger partial charge in [0.2, 0.25) is 0 Å². The third-order valence-electron chi connectivity index (χ3n) is 4.49. The molecule has 0 atom stereocenters. The van der Waals surface area contributed by atoms with Crippen molar-refractivity contribution in [2.45, 2.75) is 39.1 Å². The molecule has 12 heteroatoms. The fourth-order valence-electron chi connectivity index (χ4n) is 3.04. The quantitative estimate of drug-likeness (QED) is 0.656. The van der Waals surface area contributed by atoms with Gasteiger partial charge in [0.15, 0.2) is 10.8 Å². The largest absolute Gasteiger partial charge is 0.444 e. The first-order chi connectivity index (χ1) is 15.4. The molecular weight excluding hydrogens is 461 g/mol. The van der Waals surface area contributed by atoms with Crippen LogP contribution in [0.1, 0.15) is 42.4 Å². The molecule has 1 aliphatic heterocycles. The fraction of sp³-hybridized carbons (Fsp3) is 0.476. The molecule has 0 radical (unpaired) electrons. The monoisotopic (exact) mass is 486 g/mol. The van der Waals surface area contributed by atoms with Crippen molar-refractivity contribution in [1.82, 2.24) is 10.3 Å². The minimum absolute atomic E-state index is 0.0800. The van der Waals surface area contributed by atoms with Crippen LogP contribution in [0.4, 0.5) is 28.1 Å². The first kappa shape index (κ1) is 24.8. The van der Waals surface area contributed by atoms with Crippen LogP contribution in [-0.2, 0) is 22.2 Å². The zero-order chi connectivity index (χ0) is 24.2. The van der Waals surface area contributed by atoms with Crippen LogP contribution < -0.4 is 15.5 Å². The Labute approximate surface area is 193 Å². The predicted molar refractivity (Wildman–Crippen MR) is 118 cm³/mol. The number of amides is 2. The molecule has 1 aromatic carbocycles. The molecule has 1 aromatic heterocycles. The number of nitrogens with zero attached hydrogens (tertiary/aromatic N) is 2. The van der Waals surface area contributed by atoms with Crippen molar-refractivity contribution in [3.05, 3.63) is 41.1 Å². The average molecular weight is 487 g/mol. The van der Waals surface area contributed by atoms with Crippen molar-refractivity contribution >= 4 is 33.5 Å². The van der Waals surface area contributed by atoms with Gasteiger partial charge in [-0.15, -0.1) is 0 Å². The molecule has 0 saturated carbocycles. The number of rotatable bonds is 5. The number of hydrogen-bond donors (Lipinski definition) is 2. The lowest BCUT2D eigenvalue weighted by atomic mass is 10.1. The Hall–Kier alpha value is -2.86. The third kappa shape index (κ3) is 6.81. The van der Waals surface area contributed by atoms with Crippen LogP contribution in [0.25, 0.3) is 0 Å². The van der Waals surface area contributed by atoms with E-state index in [0.29, 0.717) is 31.4 Å². The minimum Gasteiger partial charge on any atom is -0.444 e. The van der Waals surface area contributed by atoms with E-state index in [1.807, 2.05) is 4.90 Å². The summed E-state index contributed by atoms with van der Waals surface area (Å²) in [4.78, 5) is 31.4. The summed E-state index contributed by atoms with van der Waals surface area (Å²) in [6.07, 6.45) is -5.31. The lowest BCUT2D eigenvalue weighted by molar-refractivity contribution is -0.138. The zero-order valence-corrected chi connectivity index (χ0v) is 19.2. The van der Waals surface area contributed by atoms with Crippen LogP contribution in [0.3, 0.4) is 0 Å². The minimum atomic E-state index is -4.55. The molecular formula is C21H25F3N4O4S. The number of carbonyl (C=O) groups is 2. The van der Waals surface area contributed by atoms with Crippen LogP contribution in [0.2, 0.25) is 0 Å². The van der Waals surface area contributed by atoms with Crippen LogP contribution in [0.5, 0.6) is 0 Å². The van der Waals surface area contributed by atoms with Gasteiger partial charge in [0, 0.05) is 19.6 Å². The van der Waals surface area contributed by atoms with Gasteiger partial charge in [0.25, 0.3) is 5.91 Å². The molecule has 3 rings (SSSR count). The average Bonchev–Trinajstić information content (AvgIpc) is 3.14. The molecule has 0 bridgehead atoms. The molecule has 1 fully saturated rings. The van der Waals surface area contributed by atoms with Gasteiger partial charge >= 0.3 is 12.3 Å². The van der Waals surface area contributed by atoms with Crippen molar-refractivity contribution in [3.63, 3.8) is 0 Å². The lowest BCUT2D eigenvalue weighted by Crippen LogP contribution is -2.36. The molecule has 0 unspecified atom stereocenters. The Bertz CT molecular complexity index is 998. The summed E-state index contributed by atoms with van der Waals surface area (Å²) in [5.74, 6) is -0.714. The van der Waals surface area contributed by atoms with Crippen LogP contribution in [-0.4, -0.2) is 48.9 Å². The smallest absolute Gasteiger partial charge is 0.416 e. The van der Waals surface area contributed by atoms with Crippen LogP contribution in [0, 0.1) is 0 Å². The van der Waals surface area contributed by atoms with E-state index in [1.54, 1.807) is 20.8 Å². The van der Waals surface area contributed by atoms with E-state index in [2.05, 4.69) is 15.6 Å². The Kier molecular flexibility index (Phi) is 7.48. The first-order valence-corrected chi connectivity index (χ1v) is 11.0. The van der Waals surface area contributed by atoms with Gasteiger partial charge in [-0.05, 0) is 32.4 Å². The molecule has 2 N–H and O–H groups in total. The Morgan fingerprint density at radius 3 is 2.48 bits per heavy atom. The summed E-state index contributed by atoms with van der Waals surface area (Å²) < 4.78 is 50.3. The molecule has 2 amide bonds. The Morgan fingerprint density at radius 2 is 1.85 bits per heavy atom. The number of hydrogen-bond acceptors (Lipinski definition) is 7. The number of morpholine rings is 1. The topological polar surface area (TPSA) is 92.8 Å². The van der Waals surface area contributed by atoms with Gasteiger partial charge in [-0.25, -0.2) is 9.78 Å². The third-order valence-corrected chi connectivity index (χ3v) is 5.52. The Balaban J connectivity index is 1.81. The maximum Gasteiger partial charge on any atom is 0.416 e. The number of anilines is 2. The highest BCUT2D eigenvalue weighted by Gasteiger charge is 2.33. The van der Waals surface area contributed by atoms with E-state index in [4.69, 9.17) is 9.47 Å². The number of carbonyl (C=O) groups excluding carboxylic acids is 2. The summed E-state index contributed by atoms with van der Waals surface area (Å²) in [7, 11) is 0. The second kappa shape index (κ2) is 9.96. The van der Waals surface area contributed by atoms with E-state index in [0.717, 1.165) is 17.4 Å². The number of nitrogens with one attached hydrogen (secondary N) is 2. The van der Waals surface area contributed by atoms with Crippen molar-refractivity contribution in [2.75, 3.05) is 36.5 Å². The second-order valence-electron chi connectivity index (χ2n) is 8.24. The molecule has 2 aromatic rings. The summed E-state index contributed by atoms with van der Waals surface area (Å²) in [6.45, 7) is 6.83. The molecule has 1 aliphatic rings. The summed E-state index contributed by atoms with van der Waals surface area (Å²) in [6, 6.07) is 5.00. The zero-order valence-electron chi connectivity index (χ0n) is 18.4. The highest BCUT2D eigenvalue weighted by atomic mass is 32.1. The van der Waals surface area contributed by atoms with Crippen molar-refractivity contribution in [2.24, 2.45) is 0 Å². The second-order valence-corrected chi connectivity index (χ2v) is 9.22. The van der Waals surface area contributed by atoms with Crippen molar-refractivity contribution in [3.8, 4) is 0 Å².